The quantitative estimate of drug-likeness (QED) is 0.887. The zero-order chi connectivity index (χ0) is 17.3. The molecule has 1 amide bonds. The van der Waals surface area contributed by atoms with Crippen LogP contribution in [0.25, 0.3) is 0 Å². The summed E-state index contributed by atoms with van der Waals surface area (Å²) < 4.78 is 11.1. The van der Waals surface area contributed by atoms with Crippen LogP contribution in [-0.2, 0) is 17.6 Å². The van der Waals surface area contributed by atoms with Gasteiger partial charge in [-0.2, -0.15) is 0 Å². The summed E-state index contributed by atoms with van der Waals surface area (Å²) in [5.74, 6) is 1.02. The molecule has 5 heteroatoms. The first-order valence-electron chi connectivity index (χ1n) is 8.85. The Morgan fingerprint density at radius 3 is 3.00 bits per heavy atom. The van der Waals surface area contributed by atoms with Crippen LogP contribution in [0.15, 0.2) is 12.1 Å². The van der Waals surface area contributed by atoms with Gasteiger partial charge in [-0.25, -0.2) is 4.79 Å². The Bertz CT molecular complexity index is 622. The van der Waals surface area contributed by atoms with Gasteiger partial charge < -0.3 is 20.1 Å². The van der Waals surface area contributed by atoms with E-state index in [4.69, 9.17) is 9.47 Å². The monoisotopic (exact) mass is 332 g/mol. The van der Waals surface area contributed by atoms with Gasteiger partial charge in [-0.15, -0.1) is 0 Å². The smallest absolute Gasteiger partial charge is 0.407 e. The number of ether oxygens (including phenoxy) is 2. The summed E-state index contributed by atoms with van der Waals surface area (Å²) in [7, 11) is 0. The molecule has 1 unspecified atom stereocenters. The Morgan fingerprint density at radius 2 is 2.25 bits per heavy atom. The predicted molar refractivity (Wildman–Crippen MR) is 94.8 cm³/mol. The summed E-state index contributed by atoms with van der Waals surface area (Å²) in [6.45, 7) is 8.45. The zero-order valence-corrected chi connectivity index (χ0v) is 15.1. The van der Waals surface area contributed by atoms with Crippen LogP contribution < -0.4 is 15.4 Å². The first-order chi connectivity index (χ1) is 11.3. The summed E-state index contributed by atoms with van der Waals surface area (Å²) >= 11 is 0. The highest BCUT2D eigenvalue weighted by Gasteiger charge is 2.28. The Hall–Kier alpha value is -1.91. The number of anilines is 1. The lowest BCUT2D eigenvalue weighted by atomic mass is 9.99. The van der Waals surface area contributed by atoms with E-state index in [9.17, 15) is 4.79 Å². The average molecular weight is 332 g/mol. The molecule has 132 valence electrons. The fourth-order valence-corrected chi connectivity index (χ4v) is 3.50. The summed E-state index contributed by atoms with van der Waals surface area (Å²) in [5, 5.41) is 6.57. The van der Waals surface area contributed by atoms with Crippen molar-refractivity contribution in [1.29, 1.82) is 0 Å². The van der Waals surface area contributed by atoms with Crippen LogP contribution in [0.2, 0.25) is 0 Å². The van der Waals surface area contributed by atoms with Crippen molar-refractivity contribution < 1.29 is 14.3 Å². The highest BCUT2D eigenvalue weighted by Crippen LogP contribution is 2.39. The van der Waals surface area contributed by atoms with Crippen LogP contribution in [0.5, 0.6) is 5.75 Å². The number of amides is 1. The molecule has 2 aliphatic heterocycles. The van der Waals surface area contributed by atoms with E-state index in [2.05, 4.69) is 22.8 Å². The number of nitrogens with one attached hydrogen (secondary N) is 2. The molecule has 1 aromatic carbocycles. The Kier molecular flexibility index (Phi) is 4.61. The molecule has 0 bridgehead atoms. The molecular formula is C19H28N2O3. The van der Waals surface area contributed by atoms with E-state index in [1.54, 1.807) is 0 Å². The molecule has 24 heavy (non-hydrogen) atoms. The third-order valence-electron chi connectivity index (χ3n) is 4.40. The zero-order valence-electron chi connectivity index (χ0n) is 15.1. The second kappa shape index (κ2) is 6.54. The lowest BCUT2D eigenvalue weighted by Gasteiger charge is -2.24. The number of benzene rings is 1. The normalized spacial score (nSPS) is 20.2. The van der Waals surface area contributed by atoms with Crippen LogP contribution in [0.1, 0.15) is 51.7 Å². The molecule has 2 aliphatic rings. The molecule has 0 saturated heterocycles. The SMILES string of the molecule is CC(C[C@@H]1Cc2ccc3c(c2N1)CCCO3)NC(=O)OC(C)(C)C. The molecule has 1 aromatic rings. The van der Waals surface area contributed by atoms with E-state index >= 15 is 0 Å². The van der Waals surface area contributed by atoms with Crippen molar-refractivity contribution in [2.45, 2.75) is 71.1 Å². The number of fused-ring (bicyclic) bond motifs is 3. The van der Waals surface area contributed by atoms with Gasteiger partial charge in [-0.1, -0.05) is 6.07 Å². The van der Waals surface area contributed by atoms with Crippen molar-refractivity contribution in [3.63, 3.8) is 0 Å². The van der Waals surface area contributed by atoms with Crippen molar-refractivity contribution >= 4 is 11.8 Å². The lowest BCUT2D eigenvalue weighted by Crippen LogP contribution is -2.40. The predicted octanol–water partition coefficient (Wildman–Crippen LogP) is 3.65. The van der Waals surface area contributed by atoms with Gasteiger partial charge >= 0.3 is 6.09 Å². The standard InChI is InChI=1S/C19H28N2O3/c1-12(20-18(22)24-19(2,3)4)10-14-11-13-7-8-16-15(17(13)21-14)6-5-9-23-16/h7-8,12,14,21H,5-6,9-11H2,1-4H3,(H,20,22)/t12?,14-/m1/s1. The minimum absolute atomic E-state index is 0.0544. The number of rotatable bonds is 3. The molecule has 0 radical (unpaired) electrons. The largest absolute Gasteiger partial charge is 0.493 e. The van der Waals surface area contributed by atoms with Gasteiger partial charge in [0.25, 0.3) is 0 Å². The molecule has 0 spiro atoms. The summed E-state index contributed by atoms with van der Waals surface area (Å²) in [5.41, 5.74) is 3.45. The third-order valence-corrected chi connectivity index (χ3v) is 4.40. The van der Waals surface area contributed by atoms with E-state index in [0.717, 1.165) is 38.0 Å². The van der Waals surface area contributed by atoms with Crippen LogP contribution in [-0.4, -0.2) is 30.4 Å². The van der Waals surface area contributed by atoms with Gasteiger partial charge in [0.1, 0.15) is 11.4 Å². The molecule has 0 saturated carbocycles. The van der Waals surface area contributed by atoms with Crippen LogP contribution >= 0.6 is 0 Å². The van der Waals surface area contributed by atoms with Gasteiger partial charge in [-0.05, 0) is 65.0 Å². The Morgan fingerprint density at radius 1 is 1.46 bits per heavy atom. The minimum Gasteiger partial charge on any atom is -0.493 e. The second-order valence-corrected chi connectivity index (χ2v) is 7.86. The van der Waals surface area contributed by atoms with Crippen molar-refractivity contribution in [1.82, 2.24) is 5.32 Å². The van der Waals surface area contributed by atoms with E-state index in [0.29, 0.717) is 6.04 Å². The molecule has 0 fully saturated rings. The van der Waals surface area contributed by atoms with Crippen molar-refractivity contribution in [3.05, 3.63) is 23.3 Å². The van der Waals surface area contributed by atoms with Crippen LogP contribution in [0.4, 0.5) is 10.5 Å². The molecular weight excluding hydrogens is 304 g/mol. The maximum absolute atomic E-state index is 11.9. The number of carbonyl (C=O) groups excluding carboxylic acids is 1. The maximum atomic E-state index is 11.9. The lowest BCUT2D eigenvalue weighted by molar-refractivity contribution is 0.0505. The third kappa shape index (κ3) is 3.94. The number of alkyl carbamates (subject to hydrolysis) is 1. The molecule has 0 aromatic heterocycles. The Labute approximate surface area is 144 Å². The molecule has 3 rings (SSSR count). The first kappa shape index (κ1) is 16.9. The highest BCUT2D eigenvalue weighted by atomic mass is 16.6. The molecule has 2 atom stereocenters. The van der Waals surface area contributed by atoms with Crippen molar-refractivity contribution in [2.24, 2.45) is 0 Å². The molecule has 2 N–H and O–H groups in total. The van der Waals surface area contributed by atoms with Crippen LogP contribution in [0.3, 0.4) is 0 Å². The van der Waals surface area contributed by atoms with Gasteiger partial charge in [0.05, 0.1) is 6.61 Å². The van der Waals surface area contributed by atoms with E-state index in [-0.39, 0.29) is 12.1 Å². The van der Waals surface area contributed by atoms with E-state index in [1.165, 1.54) is 16.8 Å². The van der Waals surface area contributed by atoms with Gasteiger partial charge in [-0.3, -0.25) is 0 Å². The molecule has 2 heterocycles. The second-order valence-electron chi connectivity index (χ2n) is 7.86. The minimum atomic E-state index is -0.468. The topological polar surface area (TPSA) is 59.6 Å². The van der Waals surface area contributed by atoms with Gasteiger partial charge in [0.2, 0.25) is 0 Å². The fraction of sp³-hybridized carbons (Fsp3) is 0.632. The van der Waals surface area contributed by atoms with Gasteiger partial charge in [0, 0.05) is 23.3 Å². The van der Waals surface area contributed by atoms with Crippen molar-refractivity contribution in [3.8, 4) is 5.75 Å². The number of hydrogen-bond donors (Lipinski definition) is 2. The maximum Gasteiger partial charge on any atom is 0.407 e. The molecule has 5 nitrogen and oxygen atoms in total. The van der Waals surface area contributed by atoms with Gasteiger partial charge in [0.15, 0.2) is 0 Å². The number of hydrogen-bond acceptors (Lipinski definition) is 4. The summed E-state index contributed by atoms with van der Waals surface area (Å²) in [6, 6.07) is 4.65. The first-order valence-corrected chi connectivity index (χ1v) is 8.85. The van der Waals surface area contributed by atoms with Crippen LogP contribution in [0, 0.1) is 0 Å². The Balaban J connectivity index is 1.57. The van der Waals surface area contributed by atoms with E-state index < -0.39 is 5.60 Å². The summed E-state index contributed by atoms with van der Waals surface area (Å²) in [6.07, 6.45) is 3.65. The highest BCUT2D eigenvalue weighted by molar-refractivity contribution is 5.68. The number of carbonyl (C=O) groups is 1. The fourth-order valence-electron chi connectivity index (χ4n) is 3.50. The molecule has 0 aliphatic carbocycles. The average Bonchev–Trinajstić information content (AvgIpc) is 2.87. The summed E-state index contributed by atoms with van der Waals surface area (Å²) in [4.78, 5) is 11.9. The van der Waals surface area contributed by atoms with Crippen molar-refractivity contribution in [2.75, 3.05) is 11.9 Å². The van der Waals surface area contributed by atoms with E-state index in [1.807, 2.05) is 27.7 Å².